The van der Waals surface area contributed by atoms with Crippen molar-refractivity contribution >= 4 is 5.91 Å². The van der Waals surface area contributed by atoms with Crippen molar-refractivity contribution in [1.29, 1.82) is 0 Å². The Morgan fingerprint density at radius 1 is 1.00 bits per heavy atom. The fourth-order valence-corrected chi connectivity index (χ4v) is 5.84. The van der Waals surface area contributed by atoms with Gasteiger partial charge in [-0.3, -0.25) is 4.79 Å². The molecule has 0 spiro atoms. The van der Waals surface area contributed by atoms with Crippen LogP contribution in [0.25, 0.3) is 0 Å². The highest BCUT2D eigenvalue weighted by molar-refractivity contribution is 5.79. The first kappa shape index (κ1) is 23.0. The van der Waals surface area contributed by atoms with E-state index >= 15 is 0 Å². The lowest BCUT2D eigenvalue weighted by Gasteiger charge is -2.38. The van der Waals surface area contributed by atoms with Crippen molar-refractivity contribution < 1.29 is 9.53 Å². The normalized spacial score (nSPS) is 35.9. The van der Waals surface area contributed by atoms with Crippen LogP contribution >= 0.6 is 0 Å². The Bertz CT molecular complexity index is 481. The molecule has 1 amide bonds. The fraction of sp³-hybridized carbons (Fsp3) is 0.957. The zero-order valence-electron chi connectivity index (χ0n) is 18.5. The van der Waals surface area contributed by atoms with Gasteiger partial charge in [-0.2, -0.15) is 0 Å². The number of nitrogens with two attached hydrogens (primary N) is 1. The van der Waals surface area contributed by atoms with Crippen LogP contribution in [0.3, 0.4) is 0 Å². The summed E-state index contributed by atoms with van der Waals surface area (Å²) in [4.78, 5) is 12.8. The molecule has 168 valence electrons. The summed E-state index contributed by atoms with van der Waals surface area (Å²) in [5.41, 5.74) is 5.57. The molecule has 0 aromatic carbocycles. The van der Waals surface area contributed by atoms with E-state index in [9.17, 15) is 4.79 Å². The summed E-state index contributed by atoms with van der Waals surface area (Å²) >= 11 is 0. The average molecular weight is 409 g/mol. The van der Waals surface area contributed by atoms with Crippen molar-refractivity contribution in [3.63, 3.8) is 0 Å². The standard InChI is InChI=1S/C23H44N4O2/c1-29-22-4-2-3-18(11-22)14-27-23(28)21-12-20(15-26-16-21)19-7-5-17(6-8-19)13-25-10-9-24/h17-22,25-26H,2-16,24H2,1H3,(H,27,28). The molecule has 4 unspecified atom stereocenters. The van der Waals surface area contributed by atoms with Crippen LogP contribution in [0.15, 0.2) is 0 Å². The molecule has 1 heterocycles. The predicted molar refractivity (Wildman–Crippen MR) is 118 cm³/mol. The summed E-state index contributed by atoms with van der Waals surface area (Å²) in [6.45, 7) is 5.51. The summed E-state index contributed by atoms with van der Waals surface area (Å²) in [5.74, 6) is 3.23. The number of ether oxygens (including phenoxy) is 1. The number of methoxy groups -OCH3 is 1. The molecule has 0 radical (unpaired) electrons. The molecule has 0 bridgehead atoms. The second-order valence-electron chi connectivity index (χ2n) is 9.76. The van der Waals surface area contributed by atoms with Gasteiger partial charge in [0.05, 0.1) is 12.0 Å². The fourth-order valence-electron chi connectivity index (χ4n) is 5.84. The van der Waals surface area contributed by atoms with E-state index in [1.165, 1.54) is 44.9 Å². The Morgan fingerprint density at radius 2 is 1.83 bits per heavy atom. The van der Waals surface area contributed by atoms with Gasteiger partial charge in [0.15, 0.2) is 0 Å². The number of hydrogen-bond donors (Lipinski definition) is 4. The Morgan fingerprint density at radius 3 is 2.59 bits per heavy atom. The maximum absolute atomic E-state index is 12.8. The zero-order chi connectivity index (χ0) is 20.5. The summed E-state index contributed by atoms with van der Waals surface area (Å²) in [7, 11) is 1.81. The summed E-state index contributed by atoms with van der Waals surface area (Å²) in [5, 5.41) is 10.3. The summed E-state index contributed by atoms with van der Waals surface area (Å²) < 4.78 is 5.53. The van der Waals surface area contributed by atoms with Gasteiger partial charge in [-0.15, -0.1) is 0 Å². The second-order valence-corrected chi connectivity index (χ2v) is 9.76. The van der Waals surface area contributed by atoms with E-state index in [1.54, 1.807) is 0 Å². The van der Waals surface area contributed by atoms with Crippen LogP contribution in [-0.4, -0.2) is 58.4 Å². The molecule has 5 N–H and O–H groups in total. The van der Waals surface area contributed by atoms with Gasteiger partial charge in [-0.1, -0.05) is 6.42 Å². The van der Waals surface area contributed by atoms with Gasteiger partial charge in [0.25, 0.3) is 0 Å². The monoisotopic (exact) mass is 408 g/mol. The molecule has 0 aromatic rings. The molecule has 1 aliphatic heterocycles. The average Bonchev–Trinajstić information content (AvgIpc) is 2.78. The highest BCUT2D eigenvalue weighted by Crippen LogP contribution is 2.37. The van der Waals surface area contributed by atoms with E-state index in [4.69, 9.17) is 10.5 Å². The second kappa shape index (κ2) is 12.2. The summed E-state index contributed by atoms with van der Waals surface area (Å²) in [6, 6.07) is 0. The Hall–Kier alpha value is -0.690. The van der Waals surface area contributed by atoms with Crippen LogP contribution in [0.4, 0.5) is 0 Å². The van der Waals surface area contributed by atoms with Crippen molar-refractivity contribution in [3.8, 4) is 0 Å². The lowest BCUT2D eigenvalue weighted by molar-refractivity contribution is -0.126. The zero-order valence-corrected chi connectivity index (χ0v) is 18.5. The van der Waals surface area contributed by atoms with E-state index in [2.05, 4.69) is 16.0 Å². The third-order valence-electron chi connectivity index (χ3n) is 7.70. The van der Waals surface area contributed by atoms with E-state index in [0.717, 1.165) is 63.9 Å². The number of rotatable bonds is 9. The first-order valence-corrected chi connectivity index (χ1v) is 12.1. The van der Waals surface area contributed by atoms with Crippen LogP contribution in [0, 0.1) is 29.6 Å². The van der Waals surface area contributed by atoms with E-state index in [1.807, 2.05) is 7.11 Å². The molecule has 2 aliphatic carbocycles. The van der Waals surface area contributed by atoms with Crippen molar-refractivity contribution in [2.24, 2.45) is 35.3 Å². The molecule has 29 heavy (non-hydrogen) atoms. The first-order valence-electron chi connectivity index (χ1n) is 12.1. The molecule has 2 saturated carbocycles. The third-order valence-corrected chi connectivity index (χ3v) is 7.70. The number of hydrogen-bond acceptors (Lipinski definition) is 5. The Kier molecular flexibility index (Phi) is 9.70. The molecule has 6 nitrogen and oxygen atoms in total. The molecule has 3 aliphatic rings. The minimum absolute atomic E-state index is 0.138. The molecular weight excluding hydrogens is 364 g/mol. The molecule has 6 heteroatoms. The molecule has 1 saturated heterocycles. The highest BCUT2D eigenvalue weighted by Gasteiger charge is 2.34. The van der Waals surface area contributed by atoms with Crippen LogP contribution in [0.1, 0.15) is 57.8 Å². The topological polar surface area (TPSA) is 88.4 Å². The molecular formula is C23H44N4O2. The minimum Gasteiger partial charge on any atom is -0.381 e. The smallest absolute Gasteiger partial charge is 0.224 e. The van der Waals surface area contributed by atoms with Crippen LogP contribution in [0.5, 0.6) is 0 Å². The quantitative estimate of drug-likeness (QED) is 0.438. The van der Waals surface area contributed by atoms with Gasteiger partial charge in [0.1, 0.15) is 0 Å². The SMILES string of the molecule is COC1CCCC(CNC(=O)C2CNCC(C3CCC(CNCCN)CC3)C2)C1. The molecule has 3 rings (SSSR count). The minimum atomic E-state index is 0.138. The van der Waals surface area contributed by atoms with E-state index in [0.29, 0.717) is 17.9 Å². The van der Waals surface area contributed by atoms with Gasteiger partial charge >= 0.3 is 0 Å². The lowest BCUT2D eigenvalue weighted by Crippen LogP contribution is -2.47. The van der Waals surface area contributed by atoms with Crippen molar-refractivity contribution in [3.05, 3.63) is 0 Å². The van der Waals surface area contributed by atoms with Gasteiger partial charge < -0.3 is 26.4 Å². The number of nitrogens with one attached hydrogen (secondary N) is 3. The van der Waals surface area contributed by atoms with Crippen LogP contribution in [-0.2, 0) is 9.53 Å². The van der Waals surface area contributed by atoms with Crippen molar-refractivity contribution in [1.82, 2.24) is 16.0 Å². The first-order chi connectivity index (χ1) is 14.2. The van der Waals surface area contributed by atoms with E-state index < -0.39 is 0 Å². The predicted octanol–water partition coefficient (Wildman–Crippen LogP) is 1.89. The lowest BCUT2D eigenvalue weighted by atomic mass is 9.72. The Labute approximate surface area is 177 Å². The maximum atomic E-state index is 12.8. The number of amides is 1. The number of piperidine rings is 1. The molecule has 3 fully saturated rings. The van der Waals surface area contributed by atoms with Crippen LogP contribution in [0.2, 0.25) is 0 Å². The van der Waals surface area contributed by atoms with Crippen molar-refractivity contribution in [2.45, 2.75) is 63.9 Å². The highest BCUT2D eigenvalue weighted by atomic mass is 16.5. The molecule has 4 atom stereocenters. The van der Waals surface area contributed by atoms with Gasteiger partial charge in [0, 0.05) is 33.3 Å². The van der Waals surface area contributed by atoms with Crippen molar-refractivity contribution in [2.75, 3.05) is 46.4 Å². The maximum Gasteiger partial charge on any atom is 0.224 e. The largest absolute Gasteiger partial charge is 0.381 e. The van der Waals surface area contributed by atoms with Crippen LogP contribution < -0.4 is 21.7 Å². The number of carbonyl (C=O) groups excluding carboxylic acids is 1. The van der Waals surface area contributed by atoms with Gasteiger partial charge in [0.2, 0.25) is 5.91 Å². The molecule has 0 aromatic heterocycles. The van der Waals surface area contributed by atoms with E-state index in [-0.39, 0.29) is 11.8 Å². The Balaban J connectivity index is 1.37. The third kappa shape index (κ3) is 7.20. The summed E-state index contributed by atoms with van der Waals surface area (Å²) in [6.07, 6.45) is 11.4. The van der Waals surface area contributed by atoms with Gasteiger partial charge in [-0.05, 0) is 88.1 Å². The number of carbonyl (C=O) groups is 1. The van der Waals surface area contributed by atoms with Gasteiger partial charge in [-0.25, -0.2) is 0 Å².